The largest absolute Gasteiger partial charge is 0.291 e. The van der Waals surface area contributed by atoms with E-state index in [1.54, 1.807) is 0 Å². The molecule has 2 nitrogen and oxygen atoms in total. The first-order valence-corrected chi connectivity index (χ1v) is 12.1. The van der Waals surface area contributed by atoms with Crippen LogP contribution in [0.2, 0.25) is 0 Å². The molecule has 2 heteroatoms. The van der Waals surface area contributed by atoms with Crippen molar-refractivity contribution in [2.75, 3.05) is 0 Å². The predicted octanol–water partition coefficient (Wildman–Crippen LogP) is 7.27. The molecule has 2 saturated carbocycles. The maximum Gasteiger partial charge on any atom is 0.0164 e. The van der Waals surface area contributed by atoms with Crippen molar-refractivity contribution in [3.8, 4) is 0 Å². The third-order valence-electron chi connectivity index (χ3n) is 7.23. The molecular formula is C26H52N2. The quantitative estimate of drug-likeness (QED) is 0.485. The minimum atomic E-state index is 0.238. The monoisotopic (exact) mass is 392 g/mol. The number of nitrogens with zero attached hydrogens (tertiary/aromatic N) is 2. The Morgan fingerprint density at radius 2 is 0.929 bits per heavy atom. The van der Waals surface area contributed by atoms with Crippen molar-refractivity contribution in [2.24, 2.45) is 5.92 Å². The fraction of sp³-hybridized carbons (Fsp3) is 1.00. The lowest BCUT2D eigenvalue weighted by atomic mass is 9.74. The van der Waals surface area contributed by atoms with E-state index >= 15 is 0 Å². The van der Waals surface area contributed by atoms with Gasteiger partial charge in [0.25, 0.3) is 0 Å². The molecule has 0 bridgehead atoms. The molecular weight excluding hydrogens is 340 g/mol. The average molecular weight is 393 g/mol. The molecule has 28 heavy (non-hydrogen) atoms. The Labute approximate surface area is 177 Å². The molecule has 0 spiro atoms. The summed E-state index contributed by atoms with van der Waals surface area (Å²) in [6, 6.07) is 1.55. The SMILES string of the molecule is CC(C)(C)N(C1CCC(CC(C)(C)N(C2CCC2)C(C)(C)C)CC1)C(C)(C)C. The van der Waals surface area contributed by atoms with Crippen LogP contribution in [0.15, 0.2) is 0 Å². The summed E-state index contributed by atoms with van der Waals surface area (Å²) in [6.07, 6.45) is 11.1. The highest BCUT2D eigenvalue weighted by atomic mass is 15.3. The van der Waals surface area contributed by atoms with Crippen LogP contribution >= 0.6 is 0 Å². The molecule has 2 aliphatic rings. The van der Waals surface area contributed by atoms with Gasteiger partial charge >= 0.3 is 0 Å². The summed E-state index contributed by atoms with van der Waals surface area (Å²) in [6.45, 7) is 26.7. The van der Waals surface area contributed by atoms with Crippen LogP contribution in [0.5, 0.6) is 0 Å². The molecule has 0 aromatic rings. The molecule has 0 saturated heterocycles. The van der Waals surface area contributed by atoms with Crippen LogP contribution < -0.4 is 0 Å². The second kappa shape index (κ2) is 8.22. The second-order valence-electron chi connectivity index (χ2n) is 13.5. The van der Waals surface area contributed by atoms with Gasteiger partial charge in [-0.05, 0) is 127 Å². The molecule has 0 heterocycles. The number of hydrogen-bond donors (Lipinski definition) is 0. The number of hydrogen-bond acceptors (Lipinski definition) is 2. The standard InChI is InChI=1S/C26H52N2/c1-23(2,3)27(24(4,5)6)22-17-15-20(16-18-22)19-26(10,11)28(25(7,8)9)21-13-12-14-21/h20-22H,12-19H2,1-11H3. The number of rotatable bonds is 5. The molecule has 0 aliphatic heterocycles. The van der Waals surface area contributed by atoms with E-state index in [1.807, 2.05) is 0 Å². The van der Waals surface area contributed by atoms with Crippen molar-refractivity contribution in [1.29, 1.82) is 0 Å². The first kappa shape index (κ1) is 24.2. The Bertz CT molecular complexity index is 474. The molecule has 0 N–H and O–H groups in total. The van der Waals surface area contributed by atoms with E-state index < -0.39 is 0 Å². The van der Waals surface area contributed by atoms with Gasteiger partial charge in [0, 0.05) is 34.2 Å². The maximum atomic E-state index is 2.88. The normalized spacial score (nSPS) is 26.0. The van der Waals surface area contributed by atoms with E-state index in [1.165, 1.54) is 51.4 Å². The van der Waals surface area contributed by atoms with E-state index in [-0.39, 0.29) is 16.6 Å². The van der Waals surface area contributed by atoms with Gasteiger partial charge in [0.1, 0.15) is 0 Å². The highest BCUT2D eigenvalue weighted by Gasteiger charge is 2.44. The van der Waals surface area contributed by atoms with Crippen LogP contribution in [-0.4, -0.2) is 44.0 Å². The fourth-order valence-electron chi connectivity index (χ4n) is 7.11. The maximum absolute atomic E-state index is 2.88. The summed E-state index contributed by atoms with van der Waals surface area (Å²) < 4.78 is 0. The van der Waals surface area contributed by atoms with Crippen molar-refractivity contribution >= 4 is 0 Å². The van der Waals surface area contributed by atoms with Crippen molar-refractivity contribution < 1.29 is 0 Å². The summed E-state index contributed by atoms with van der Waals surface area (Å²) in [5.41, 5.74) is 1.04. The molecule has 2 fully saturated rings. The van der Waals surface area contributed by atoms with E-state index in [9.17, 15) is 0 Å². The fourth-order valence-corrected chi connectivity index (χ4v) is 7.11. The molecule has 0 aromatic heterocycles. The van der Waals surface area contributed by atoms with Crippen LogP contribution in [0.25, 0.3) is 0 Å². The summed E-state index contributed by atoms with van der Waals surface area (Å²) >= 11 is 0. The van der Waals surface area contributed by atoms with Crippen LogP contribution in [0, 0.1) is 5.92 Å². The minimum Gasteiger partial charge on any atom is -0.291 e. The average Bonchev–Trinajstić information content (AvgIpc) is 2.39. The van der Waals surface area contributed by atoms with Crippen molar-refractivity contribution in [2.45, 2.75) is 162 Å². The summed E-state index contributed by atoms with van der Waals surface area (Å²) in [5, 5.41) is 0. The lowest BCUT2D eigenvalue weighted by molar-refractivity contribution is -0.0619. The van der Waals surface area contributed by atoms with Gasteiger partial charge in [0.2, 0.25) is 0 Å². The zero-order valence-corrected chi connectivity index (χ0v) is 21.3. The first-order chi connectivity index (χ1) is 12.5. The van der Waals surface area contributed by atoms with Crippen molar-refractivity contribution in [3.63, 3.8) is 0 Å². The van der Waals surface area contributed by atoms with Gasteiger partial charge in [-0.1, -0.05) is 6.42 Å². The highest BCUT2D eigenvalue weighted by molar-refractivity contribution is 4.99. The predicted molar refractivity (Wildman–Crippen MR) is 125 cm³/mol. The summed E-state index contributed by atoms with van der Waals surface area (Å²) in [4.78, 5) is 5.68. The Balaban J connectivity index is 2.02. The third kappa shape index (κ3) is 5.75. The van der Waals surface area contributed by atoms with Crippen LogP contribution in [0.3, 0.4) is 0 Å². The molecule has 2 rings (SSSR count). The molecule has 0 unspecified atom stereocenters. The van der Waals surface area contributed by atoms with Crippen molar-refractivity contribution in [3.05, 3.63) is 0 Å². The van der Waals surface area contributed by atoms with Gasteiger partial charge in [0.15, 0.2) is 0 Å². The molecule has 166 valence electrons. The summed E-state index contributed by atoms with van der Waals surface area (Å²) in [7, 11) is 0. The molecule has 0 radical (unpaired) electrons. The van der Waals surface area contributed by atoms with Crippen LogP contribution in [0.4, 0.5) is 0 Å². The van der Waals surface area contributed by atoms with Crippen LogP contribution in [0.1, 0.15) is 128 Å². The first-order valence-electron chi connectivity index (χ1n) is 12.1. The van der Waals surface area contributed by atoms with Gasteiger partial charge in [-0.3, -0.25) is 9.80 Å². The molecule has 2 aliphatic carbocycles. The Kier molecular flexibility index (Phi) is 7.10. The lowest BCUT2D eigenvalue weighted by Crippen LogP contribution is -2.61. The molecule has 0 aromatic carbocycles. The smallest absolute Gasteiger partial charge is 0.0164 e. The van der Waals surface area contributed by atoms with E-state index in [2.05, 4.69) is 86.0 Å². The zero-order chi connectivity index (χ0) is 21.5. The van der Waals surface area contributed by atoms with Gasteiger partial charge in [-0.25, -0.2) is 0 Å². The third-order valence-corrected chi connectivity index (χ3v) is 7.23. The molecule has 0 atom stereocenters. The van der Waals surface area contributed by atoms with Gasteiger partial charge in [0.05, 0.1) is 0 Å². The zero-order valence-electron chi connectivity index (χ0n) is 21.3. The Hall–Kier alpha value is -0.0800. The molecule has 0 amide bonds. The van der Waals surface area contributed by atoms with Crippen LogP contribution in [-0.2, 0) is 0 Å². The second-order valence-corrected chi connectivity index (χ2v) is 13.5. The van der Waals surface area contributed by atoms with Gasteiger partial charge < -0.3 is 0 Å². The Morgan fingerprint density at radius 1 is 0.536 bits per heavy atom. The lowest BCUT2D eigenvalue weighted by Gasteiger charge is -2.56. The van der Waals surface area contributed by atoms with Crippen molar-refractivity contribution in [1.82, 2.24) is 9.80 Å². The Morgan fingerprint density at radius 3 is 1.25 bits per heavy atom. The van der Waals surface area contributed by atoms with E-state index in [0.717, 1.165) is 18.0 Å². The van der Waals surface area contributed by atoms with E-state index in [4.69, 9.17) is 0 Å². The highest BCUT2D eigenvalue weighted by Crippen LogP contribution is 2.43. The van der Waals surface area contributed by atoms with E-state index in [0.29, 0.717) is 5.54 Å². The van der Waals surface area contributed by atoms with Gasteiger partial charge in [-0.15, -0.1) is 0 Å². The van der Waals surface area contributed by atoms with Gasteiger partial charge in [-0.2, -0.15) is 0 Å². The topological polar surface area (TPSA) is 6.48 Å². The summed E-state index contributed by atoms with van der Waals surface area (Å²) in [5.74, 6) is 0.887. The minimum absolute atomic E-state index is 0.238.